The Hall–Kier alpha value is -14.7. The third-order valence-corrected chi connectivity index (χ3v) is 26.4. The van der Waals surface area contributed by atoms with Crippen LogP contribution in [0.25, 0.3) is 0 Å². The minimum Gasteiger partial charge on any atom is -0.466 e. The second-order valence-electron chi connectivity index (χ2n) is 34.9. The molecule has 5 aromatic rings. The van der Waals surface area contributed by atoms with Gasteiger partial charge >= 0.3 is 65.7 Å². The van der Waals surface area contributed by atoms with Crippen LogP contribution in [0.5, 0.6) is 0 Å². The first-order chi connectivity index (χ1) is 69.3. The smallest absolute Gasteiger partial charge is 0.337 e. The van der Waals surface area contributed by atoms with Gasteiger partial charge in [0.2, 0.25) is 0 Å². The van der Waals surface area contributed by atoms with Gasteiger partial charge in [-0.2, -0.15) is 0 Å². The van der Waals surface area contributed by atoms with Crippen molar-refractivity contribution >= 4 is 65.7 Å². The summed E-state index contributed by atoms with van der Waals surface area (Å²) in [7, 11) is 5.30. The highest BCUT2D eigenvalue weighted by molar-refractivity contribution is 6.06. The molecule has 5 fully saturated rings. The number of carbonyl (C=O) groups excluding carboxylic acids is 11. The van der Waals surface area contributed by atoms with Gasteiger partial charge in [-0.1, -0.05) is 60.7 Å². The number of hydrogen-bond donors (Lipinski definition) is 5. The number of methoxy groups -OCH3 is 5. The largest absolute Gasteiger partial charge is 0.466 e. The average molecular weight is 2070 g/mol. The predicted octanol–water partition coefficient (Wildman–Crippen LogP) is 14.8. The number of rotatable bonds is 24. The van der Waals surface area contributed by atoms with Crippen LogP contribution in [0.3, 0.4) is 0 Å². The van der Waals surface area contributed by atoms with Crippen LogP contribution in [0.1, 0.15) is 161 Å². The van der Waals surface area contributed by atoms with E-state index in [1.807, 2.05) is 0 Å². The lowest BCUT2D eigenvalue weighted by atomic mass is 9.77. The minimum atomic E-state index is -3.18. The summed E-state index contributed by atoms with van der Waals surface area (Å²) in [5, 5.41) is 13.2. The second-order valence-corrected chi connectivity index (χ2v) is 34.9. The topological polar surface area (TPSA) is 349 Å². The predicted molar refractivity (Wildman–Crippen MR) is 460 cm³/mol. The Balaban J connectivity index is 0.000000137. The fourth-order valence-corrected chi connectivity index (χ4v) is 19.4. The summed E-state index contributed by atoms with van der Waals surface area (Å²) in [6.45, 7) is -4.42. The zero-order valence-electron chi connectivity index (χ0n) is 77.3. The Labute approximate surface area is 813 Å². The summed E-state index contributed by atoms with van der Waals surface area (Å²) >= 11 is 0. The molecule has 5 saturated carbocycles. The molecule has 5 N–H and O–H groups in total. The number of ether oxygens (including phenoxy) is 11. The Kier molecular flexibility index (Phi) is 29.7. The lowest BCUT2D eigenvalue weighted by Gasteiger charge is -2.32. The highest BCUT2D eigenvalue weighted by Crippen LogP contribution is 2.65. The van der Waals surface area contributed by atoms with Crippen molar-refractivity contribution in [1.29, 1.82) is 0 Å². The number of dihydropyridines is 5. The number of benzene rings is 5. The van der Waals surface area contributed by atoms with E-state index in [4.69, 9.17) is 52.1 Å². The van der Waals surface area contributed by atoms with E-state index in [9.17, 15) is 141 Å². The van der Waals surface area contributed by atoms with Crippen LogP contribution in [0, 0.1) is 29.1 Å². The van der Waals surface area contributed by atoms with E-state index in [2.05, 4.69) is 26.6 Å². The molecule has 47 heteroatoms. The van der Waals surface area contributed by atoms with E-state index < -0.39 is 267 Å². The lowest BCUT2D eigenvalue weighted by molar-refractivity contribution is -0.142. The molecule has 776 valence electrons. The van der Waals surface area contributed by atoms with Gasteiger partial charge in [-0.25, -0.2) is 136 Å². The van der Waals surface area contributed by atoms with Gasteiger partial charge in [0.25, 0.3) is 29.6 Å². The van der Waals surface area contributed by atoms with Crippen LogP contribution < -0.4 is 26.6 Å². The molecule has 14 aliphatic rings. The second kappa shape index (κ2) is 41.1. The fourth-order valence-electron chi connectivity index (χ4n) is 19.4. The molecular weight excluding hydrogens is 1990 g/mol. The molecule has 0 radical (unpaired) electrons. The van der Waals surface area contributed by atoms with E-state index >= 15 is 0 Å². The highest BCUT2D eigenvalue weighted by atomic mass is 19.3. The van der Waals surface area contributed by atoms with Crippen molar-refractivity contribution in [2.24, 2.45) is 0 Å². The first kappa shape index (κ1) is 106. The van der Waals surface area contributed by atoms with Crippen molar-refractivity contribution < 1.29 is 193 Å². The third kappa shape index (κ3) is 19.7. The van der Waals surface area contributed by atoms with Gasteiger partial charge in [0.1, 0.15) is 95.5 Å². The van der Waals surface area contributed by atoms with Crippen LogP contribution in [-0.4, -0.2) is 204 Å². The number of alkyl halides is 15. The van der Waals surface area contributed by atoms with Gasteiger partial charge < -0.3 is 78.7 Å². The standard InChI is InChI=1S/C23H23F4NO6.4C19H15F4NO4/c1-4-33-22(31)20-16(10-34-11(2)29)28-15(9-24)19(21(30)32-3)18(20)12-6-5-7-14(25)17(12)13-8-23(13,26)27;4*1-27-17(25)15-11(6-20)24-12-7-28-18(26)16(12)14(15)8-3-2-4-10(21)13(8)9-5-19(9,22)23/h5-7,13,18,28H,4,8-10H2,1-3H3;4*2-4,9,14,24H,5-7H2,1H3/t;2*9-,14+;2*9-,14-/m.1010/s1. The molecular formula is C99H83F20N5O22. The van der Waals surface area contributed by atoms with Crippen LogP contribution in [0.15, 0.2) is 204 Å². The molecule has 0 saturated heterocycles. The number of cyclic esters (lactones) is 4. The SMILES string of the molecule is CCOC(=O)C1=C(COC(C)=O)NC(CF)=C(C(=O)OC)C1c1cccc(F)c1C1CC1(F)F.COC(=O)C1=C(CF)NC2=C(C(=O)OC2)[C@@H]1c1cccc(F)c1[C@@H]1CC1(F)F.COC(=O)C1=C(CF)NC2=C(C(=O)OC2)[C@@H]1c1cccc(F)c1[C@H]1CC1(F)F.COC(=O)C1=C(CF)NC2=C(C(=O)OC2)[C@H]1c1cccc(F)c1[C@@H]1CC1(F)F.COC(=O)C1=C(CF)NC2=C(C(=O)OC2)[C@H]1c1cccc(F)c1[C@H]1CC1(F)F. The average Bonchev–Trinajstić information content (AvgIpc) is 1.34. The monoisotopic (exact) mass is 2070 g/mol. The van der Waals surface area contributed by atoms with E-state index in [0.717, 1.165) is 72.8 Å². The number of nitrogens with one attached hydrogen (secondary N) is 5. The zero-order chi connectivity index (χ0) is 106. The molecule has 146 heavy (non-hydrogen) atoms. The number of esters is 11. The van der Waals surface area contributed by atoms with Gasteiger partial charge in [-0.05, 0) is 65.1 Å². The quantitative estimate of drug-likeness (QED) is 0.0218. The number of halogens is 20. The van der Waals surface area contributed by atoms with E-state index in [1.165, 1.54) is 67.6 Å². The first-order valence-electron chi connectivity index (χ1n) is 44.4. The van der Waals surface area contributed by atoms with Crippen molar-refractivity contribution in [3.8, 4) is 0 Å². The molecule has 9 aliphatic heterocycles. The van der Waals surface area contributed by atoms with Crippen molar-refractivity contribution in [3.05, 3.63) is 288 Å². The molecule has 27 nitrogen and oxygen atoms in total. The van der Waals surface area contributed by atoms with Gasteiger partial charge in [0.05, 0.1) is 214 Å². The molecule has 5 aromatic carbocycles. The maximum absolute atomic E-state index is 14.9. The molecule has 0 spiro atoms. The summed E-state index contributed by atoms with van der Waals surface area (Å²) < 4.78 is 334. The van der Waals surface area contributed by atoms with Gasteiger partial charge in [0.15, 0.2) is 0 Å². The number of carbonyl (C=O) groups is 11. The highest BCUT2D eigenvalue weighted by Gasteiger charge is 2.65. The Morgan fingerprint density at radius 2 is 0.507 bits per heavy atom. The minimum absolute atomic E-state index is 0.00127. The lowest BCUT2D eigenvalue weighted by Crippen LogP contribution is -2.36. The molecule has 0 amide bonds. The van der Waals surface area contributed by atoms with E-state index in [0.29, 0.717) is 0 Å². The van der Waals surface area contributed by atoms with Crippen LogP contribution >= 0.6 is 0 Å². The van der Waals surface area contributed by atoms with E-state index in [-0.39, 0.29) is 190 Å². The summed E-state index contributed by atoms with van der Waals surface area (Å²) in [5.41, 5.74) is -3.89. The summed E-state index contributed by atoms with van der Waals surface area (Å²) in [4.78, 5) is 136. The van der Waals surface area contributed by atoms with Crippen molar-refractivity contribution in [1.82, 2.24) is 26.6 Å². The first-order valence-corrected chi connectivity index (χ1v) is 44.4. The Bertz CT molecular complexity index is 6100. The Morgan fingerprint density at radius 3 is 0.699 bits per heavy atom. The van der Waals surface area contributed by atoms with Crippen LogP contribution in [0.2, 0.25) is 0 Å². The summed E-state index contributed by atoms with van der Waals surface area (Å²) in [5.74, 6) is -43.4. The van der Waals surface area contributed by atoms with Crippen LogP contribution in [-0.2, 0) is 105 Å². The molecule has 19 rings (SSSR count). The zero-order valence-corrected chi connectivity index (χ0v) is 77.3. The molecule has 9 heterocycles. The van der Waals surface area contributed by atoms with Gasteiger partial charge in [0, 0.05) is 66.8 Å². The van der Waals surface area contributed by atoms with Gasteiger partial charge in [-0.3, -0.25) is 4.79 Å². The number of hydrogen-bond acceptors (Lipinski definition) is 27. The normalized spacial score (nSPS) is 24.3. The molecule has 2 unspecified atom stereocenters. The molecule has 0 bridgehead atoms. The third-order valence-electron chi connectivity index (χ3n) is 26.4. The van der Waals surface area contributed by atoms with Gasteiger partial charge in [-0.15, -0.1) is 0 Å². The number of allylic oxidation sites excluding steroid dienone is 5. The molecule has 10 atom stereocenters. The van der Waals surface area contributed by atoms with Crippen LogP contribution in [0.4, 0.5) is 87.8 Å². The fraction of sp³-hybridized carbons (Fsp3) is 0.384. The molecule has 5 aliphatic carbocycles. The summed E-state index contributed by atoms with van der Waals surface area (Å²) in [6, 6.07) is 18.2. The van der Waals surface area contributed by atoms with Crippen molar-refractivity contribution in [3.63, 3.8) is 0 Å². The van der Waals surface area contributed by atoms with E-state index in [1.54, 1.807) is 0 Å². The Morgan fingerprint density at radius 1 is 0.308 bits per heavy atom. The maximum atomic E-state index is 14.9. The maximum Gasteiger partial charge on any atom is 0.337 e. The molecule has 0 aromatic heterocycles. The van der Waals surface area contributed by atoms with Crippen molar-refractivity contribution in [2.75, 3.05) is 109 Å². The summed E-state index contributed by atoms with van der Waals surface area (Å²) in [6.07, 6.45) is -2.81. The van der Waals surface area contributed by atoms with Crippen molar-refractivity contribution in [2.45, 2.75) is 135 Å².